The van der Waals surface area contributed by atoms with E-state index in [1.807, 2.05) is 12.1 Å². The highest BCUT2D eigenvalue weighted by Crippen LogP contribution is 2.31. The maximum absolute atomic E-state index is 12.2. The van der Waals surface area contributed by atoms with E-state index in [2.05, 4.69) is 51.0 Å². The number of methoxy groups -OCH3 is 2. The van der Waals surface area contributed by atoms with Gasteiger partial charge in [-0.1, -0.05) is 24.3 Å². The molecule has 50 heavy (non-hydrogen) atoms. The number of hydrogen-bond acceptors (Lipinski definition) is 12. The van der Waals surface area contributed by atoms with Crippen molar-refractivity contribution in [3.63, 3.8) is 0 Å². The third-order valence-corrected chi connectivity index (χ3v) is 6.50. The number of rotatable bonds is 10. The monoisotopic (exact) mass is 666 g/mol. The van der Waals surface area contributed by atoms with Crippen molar-refractivity contribution in [1.29, 1.82) is 0 Å². The van der Waals surface area contributed by atoms with E-state index in [0.29, 0.717) is 57.3 Å². The molecule has 4 heterocycles. The first-order chi connectivity index (χ1) is 24.5. The molecule has 0 unspecified atom stereocenters. The van der Waals surface area contributed by atoms with E-state index in [1.54, 1.807) is 122 Å². The number of carbonyl (C=O) groups is 2. The summed E-state index contributed by atoms with van der Waals surface area (Å²) >= 11 is 0. The van der Waals surface area contributed by atoms with Crippen LogP contribution in [0.2, 0.25) is 0 Å². The number of amides is 2. The van der Waals surface area contributed by atoms with Gasteiger partial charge in [-0.2, -0.15) is 0 Å². The van der Waals surface area contributed by atoms with Crippen LogP contribution in [0, 0.1) is 0 Å². The fourth-order valence-corrected chi connectivity index (χ4v) is 4.10. The van der Waals surface area contributed by atoms with Gasteiger partial charge in [0.15, 0.2) is 11.6 Å². The second kappa shape index (κ2) is 17.6. The minimum atomic E-state index is -0.318. The third-order valence-electron chi connectivity index (χ3n) is 6.50. The Labute approximate surface area is 287 Å². The first kappa shape index (κ1) is 34.1. The predicted octanol–water partition coefficient (Wildman–Crippen LogP) is 8.31. The van der Waals surface area contributed by atoms with Gasteiger partial charge in [-0.05, 0) is 72.8 Å². The molecule has 0 aliphatic heterocycles. The summed E-state index contributed by atoms with van der Waals surface area (Å²) in [5, 5.41) is 21.9. The Bertz CT molecular complexity index is 1920. The number of nitrogens with one attached hydrogen (secondary N) is 2. The molecule has 0 bridgehead atoms. The van der Waals surface area contributed by atoms with Gasteiger partial charge in [-0.25, -0.2) is 9.97 Å². The van der Waals surface area contributed by atoms with Gasteiger partial charge in [0.25, 0.3) is 11.8 Å². The number of anilines is 2. The quantitative estimate of drug-likeness (QED) is 0.137. The van der Waals surface area contributed by atoms with Crippen molar-refractivity contribution >= 4 is 46.2 Å². The number of carbonyl (C=O) groups excluding carboxylic acids is 2. The zero-order chi connectivity index (χ0) is 35.0. The van der Waals surface area contributed by atoms with Crippen LogP contribution in [-0.2, 0) is 0 Å². The summed E-state index contributed by atoms with van der Waals surface area (Å²) in [6, 6.07) is 31.3. The fraction of sp³-hybridized carbons (Fsp3) is 0.0556. The number of nitrogens with zero attached hydrogens (tertiary/aromatic N) is 8. The van der Waals surface area contributed by atoms with Crippen molar-refractivity contribution in [1.82, 2.24) is 19.9 Å². The molecule has 0 atom stereocenters. The number of pyridine rings is 4. The van der Waals surface area contributed by atoms with Crippen molar-refractivity contribution in [3.8, 4) is 11.5 Å². The molecule has 2 amide bonds. The molecule has 0 saturated heterocycles. The molecule has 14 heteroatoms. The summed E-state index contributed by atoms with van der Waals surface area (Å²) in [5.74, 6) is 1.33. The topological polar surface area (TPSA) is 178 Å². The molecule has 0 spiro atoms. The zero-order valence-corrected chi connectivity index (χ0v) is 26.9. The number of aromatic nitrogens is 4. The van der Waals surface area contributed by atoms with Gasteiger partial charge in [-0.15, -0.1) is 20.5 Å². The number of benzene rings is 2. The van der Waals surface area contributed by atoms with E-state index in [1.165, 1.54) is 14.2 Å². The predicted molar refractivity (Wildman–Crippen MR) is 187 cm³/mol. The summed E-state index contributed by atoms with van der Waals surface area (Å²) in [7, 11) is 3.04. The second-order valence-corrected chi connectivity index (χ2v) is 9.88. The normalized spacial score (nSPS) is 10.6. The summed E-state index contributed by atoms with van der Waals surface area (Å²) < 4.78 is 10.6. The van der Waals surface area contributed by atoms with Crippen LogP contribution in [-0.4, -0.2) is 46.0 Å². The van der Waals surface area contributed by atoms with E-state index in [-0.39, 0.29) is 11.8 Å². The molecule has 0 fully saturated rings. The van der Waals surface area contributed by atoms with E-state index in [4.69, 9.17) is 9.47 Å². The highest BCUT2D eigenvalue weighted by molar-refractivity contribution is 6.04. The minimum absolute atomic E-state index is 0.318. The van der Waals surface area contributed by atoms with Gasteiger partial charge in [-0.3, -0.25) is 19.6 Å². The third kappa shape index (κ3) is 9.89. The van der Waals surface area contributed by atoms with Crippen LogP contribution < -0.4 is 20.1 Å². The van der Waals surface area contributed by atoms with Crippen LogP contribution in [0.25, 0.3) is 0 Å². The molecule has 0 aliphatic carbocycles. The van der Waals surface area contributed by atoms with Crippen LogP contribution >= 0.6 is 0 Å². The molecule has 0 radical (unpaired) electrons. The van der Waals surface area contributed by atoms with E-state index < -0.39 is 0 Å². The maximum Gasteiger partial charge on any atom is 0.274 e. The smallest absolute Gasteiger partial charge is 0.274 e. The fourth-order valence-electron chi connectivity index (χ4n) is 4.10. The SMILES string of the molecule is COc1cc(N=Nc2ccccn2)ccc1NC(=O)c1ccccn1.COc1cc(N=Nc2ccccn2)ccc1NC(=O)c1ccccn1. The molecule has 2 N–H and O–H groups in total. The average Bonchev–Trinajstić information content (AvgIpc) is 3.18. The molecule has 248 valence electrons. The lowest BCUT2D eigenvalue weighted by Gasteiger charge is -2.10. The molecule has 0 aliphatic rings. The van der Waals surface area contributed by atoms with Gasteiger partial charge in [0.1, 0.15) is 22.9 Å². The Morgan fingerprint density at radius 1 is 0.500 bits per heavy atom. The second-order valence-electron chi connectivity index (χ2n) is 9.88. The molecule has 2 aromatic carbocycles. The molecule has 6 aromatic rings. The first-order valence-corrected chi connectivity index (χ1v) is 15.0. The van der Waals surface area contributed by atoms with Gasteiger partial charge in [0.2, 0.25) is 0 Å². The van der Waals surface area contributed by atoms with Crippen LogP contribution in [0.3, 0.4) is 0 Å². The molecule has 4 aromatic heterocycles. The lowest BCUT2D eigenvalue weighted by Crippen LogP contribution is -2.13. The lowest BCUT2D eigenvalue weighted by molar-refractivity contribution is 0.101. The van der Waals surface area contributed by atoms with Crippen molar-refractivity contribution in [2.75, 3.05) is 24.9 Å². The van der Waals surface area contributed by atoms with Crippen LogP contribution in [0.15, 0.2) is 154 Å². The van der Waals surface area contributed by atoms with Crippen LogP contribution in [0.1, 0.15) is 21.0 Å². The lowest BCUT2D eigenvalue weighted by atomic mass is 10.2. The van der Waals surface area contributed by atoms with E-state index >= 15 is 0 Å². The largest absolute Gasteiger partial charge is 0.494 e. The molecule has 14 nitrogen and oxygen atoms in total. The zero-order valence-electron chi connectivity index (χ0n) is 26.9. The Morgan fingerprint density at radius 2 is 0.900 bits per heavy atom. The van der Waals surface area contributed by atoms with Crippen molar-refractivity contribution < 1.29 is 19.1 Å². The average molecular weight is 667 g/mol. The van der Waals surface area contributed by atoms with E-state index in [9.17, 15) is 9.59 Å². The van der Waals surface area contributed by atoms with Crippen LogP contribution in [0.4, 0.5) is 34.4 Å². The summed E-state index contributed by atoms with van der Waals surface area (Å²) in [6.07, 6.45) is 6.41. The highest BCUT2D eigenvalue weighted by atomic mass is 16.5. The number of ether oxygens (including phenoxy) is 2. The molecule has 0 saturated carbocycles. The van der Waals surface area contributed by atoms with Crippen molar-refractivity contribution in [2.45, 2.75) is 0 Å². The van der Waals surface area contributed by atoms with Crippen LogP contribution in [0.5, 0.6) is 11.5 Å². The first-order valence-electron chi connectivity index (χ1n) is 15.0. The van der Waals surface area contributed by atoms with E-state index in [0.717, 1.165) is 0 Å². The van der Waals surface area contributed by atoms with Gasteiger partial charge in [0.05, 0.1) is 37.0 Å². The molecular weight excluding hydrogens is 636 g/mol. The minimum Gasteiger partial charge on any atom is -0.494 e. The summed E-state index contributed by atoms with van der Waals surface area (Å²) in [5.41, 5.74) is 2.86. The van der Waals surface area contributed by atoms with Crippen molar-refractivity contribution in [2.24, 2.45) is 20.5 Å². The standard InChI is InChI=1S/2C18H15N5O2/c2*1-25-16-12-13(22-23-17-7-3-5-11-20-17)8-9-14(16)21-18(24)15-6-2-4-10-19-15/h2*2-12H,1H3,(H,21,24). The van der Waals surface area contributed by atoms with Crippen molar-refractivity contribution in [3.05, 3.63) is 145 Å². The summed E-state index contributed by atoms with van der Waals surface area (Å²) in [4.78, 5) is 40.6. The maximum atomic E-state index is 12.2. The Hall–Kier alpha value is -7.22. The van der Waals surface area contributed by atoms with Gasteiger partial charge < -0.3 is 20.1 Å². The Kier molecular flexibility index (Phi) is 12.0. The molecular formula is C36H30N10O4. The number of hydrogen-bond donors (Lipinski definition) is 2. The van der Waals surface area contributed by atoms with Gasteiger partial charge >= 0.3 is 0 Å². The number of azo groups is 2. The Morgan fingerprint density at radius 3 is 1.24 bits per heavy atom. The Balaban J connectivity index is 0.000000194. The molecule has 6 rings (SSSR count). The highest BCUT2D eigenvalue weighted by Gasteiger charge is 2.12. The van der Waals surface area contributed by atoms with Gasteiger partial charge in [0, 0.05) is 36.9 Å². The summed E-state index contributed by atoms with van der Waals surface area (Å²) in [6.45, 7) is 0.